The highest BCUT2D eigenvalue weighted by molar-refractivity contribution is 9.10. The Morgan fingerprint density at radius 2 is 2.11 bits per heavy atom. The van der Waals surface area contributed by atoms with Gasteiger partial charge >= 0.3 is 0 Å². The van der Waals surface area contributed by atoms with Gasteiger partial charge in [0.15, 0.2) is 0 Å². The summed E-state index contributed by atoms with van der Waals surface area (Å²) in [6.45, 7) is 2.02. The zero-order valence-corrected chi connectivity index (χ0v) is 11.4. The molecule has 1 aromatic heterocycles. The molecule has 1 heterocycles. The van der Waals surface area contributed by atoms with Crippen LogP contribution in [0, 0.1) is 6.92 Å². The van der Waals surface area contributed by atoms with Crippen LogP contribution in [0.5, 0.6) is 0 Å². The fourth-order valence-electron chi connectivity index (χ4n) is 1.38. The van der Waals surface area contributed by atoms with Crippen LogP contribution in [0.2, 0.25) is 0 Å². The van der Waals surface area contributed by atoms with Gasteiger partial charge in [0.05, 0.1) is 6.21 Å². The van der Waals surface area contributed by atoms with Gasteiger partial charge in [-0.05, 0) is 34.5 Å². The largest absolute Gasteiger partial charge is 0.356 e. The first-order valence-corrected chi connectivity index (χ1v) is 6.18. The van der Waals surface area contributed by atoms with Crippen molar-refractivity contribution in [1.29, 1.82) is 0 Å². The number of aromatic nitrogens is 1. The zero-order valence-electron chi connectivity index (χ0n) is 9.77. The fourth-order valence-corrected chi connectivity index (χ4v) is 1.72. The highest BCUT2D eigenvalue weighted by Crippen LogP contribution is 2.10. The first-order chi connectivity index (χ1) is 8.65. The molecule has 4 nitrogen and oxygen atoms in total. The summed E-state index contributed by atoms with van der Waals surface area (Å²) < 4.78 is 0.829. The molecular weight excluding hydrogens is 294 g/mol. The second-order valence-electron chi connectivity index (χ2n) is 3.84. The third-order valence-corrected chi connectivity index (χ3v) is 2.81. The normalized spacial score (nSPS) is 10.8. The summed E-state index contributed by atoms with van der Waals surface area (Å²) in [4.78, 5) is 14.5. The molecule has 0 aliphatic rings. The van der Waals surface area contributed by atoms with Crippen molar-refractivity contribution >= 4 is 28.1 Å². The first-order valence-electron chi connectivity index (χ1n) is 5.39. The Bertz CT molecular complexity index is 572. The molecule has 1 aromatic carbocycles. The molecule has 92 valence electrons. The summed E-state index contributed by atoms with van der Waals surface area (Å²) >= 11 is 3.26. The maximum atomic E-state index is 11.6. The SMILES string of the molecule is Cc1ccc(/C=N\NC(=O)c2cc(Br)c[nH]2)cc1. The number of halogens is 1. The van der Waals surface area contributed by atoms with Gasteiger partial charge in [0.25, 0.3) is 5.91 Å². The smallest absolute Gasteiger partial charge is 0.287 e. The van der Waals surface area contributed by atoms with E-state index in [0.717, 1.165) is 10.0 Å². The van der Waals surface area contributed by atoms with Crippen LogP contribution < -0.4 is 5.43 Å². The molecule has 0 aliphatic carbocycles. The minimum Gasteiger partial charge on any atom is -0.356 e. The Morgan fingerprint density at radius 3 is 2.72 bits per heavy atom. The van der Waals surface area contributed by atoms with E-state index in [2.05, 4.69) is 31.4 Å². The predicted molar refractivity (Wildman–Crippen MR) is 74.7 cm³/mol. The highest BCUT2D eigenvalue weighted by atomic mass is 79.9. The van der Waals surface area contributed by atoms with Crippen molar-refractivity contribution in [3.05, 3.63) is 57.8 Å². The standard InChI is InChI=1S/C13H12BrN3O/c1-9-2-4-10(5-3-9)7-16-17-13(18)12-6-11(14)8-15-12/h2-8,15H,1H3,(H,17,18)/b16-7-. The molecule has 0 saturated heterocycles. The Morgan fingerprint density at radius 1 is 1.39 bits per heavy atom. The van der Waals surface area contributed by atoms with Gasteiger partial charge in [-0.15, -0.1) is 0 Å². The summed E-state index contributed by atoms with van der Waals surface area (Å²) in [5.41, 5.74) is 5.04. The van der Waals surface area contributed by atoms with Crippen LogP contribution in [0.1, 0.15) is 21.6 Å². The number of hydrogen-bond acceptors (Lipinski definition) is 2. The monoisotopic (exact) mass is 305 g/mol. The van der Waals surface area contributed by atoms with E-state index >= 15 is 0 Å². The van der Waals surface area contributed by atoms with Gasteiger partial charge < -0.3 is 4.98 Å². The lowest BCUT2D eigenvalue weighted by Crippen LogP contribution is -2.17. The van der Waals surface area contributed by atoms with Crippen LogP contribution in [0.4, 0.5) is 0 Å². The van der Waals surface area contributed by atoms with Gasteiger partial charge in [-0.1, -0.05) is 29.8 Å². The third kappa shape index (κ3) is 3.30. The lowest BCUT2D eigenvalue weighted by molar-refractivity contribution is 0.0951. The number of aromatic amines is 1. The third-order valence-electron chi connectivity index (χ3n) is 2.35. The van der Waals surface area contributed by atoms with Crippen LogP contribution in [0.25, 0.3) is 0 Å². The lowest BCUT2D eigenvalue weighted by atomic mass is 10.2. The Kier molecular flexibility index (Phi) is 3.94. The average molecular weight is 306 g/mol. The van der Waals surface area contributed by atoms with Crippen molar-refractivity contribution in [3.8, 4) is 0 Å². The summed E-state index contributed by atoms with van der Waals surface area (Å²) in [7, 11) is 0. The van der Waals surface area contributed by atoms with Crippen molar-refractivity contribution < 1.29 is 4.79 Å². The minimum absolute atomic E-state index is 0.274. The number of benzene rings is 1. The number of hydrogen-bond donors (Lipinski definition) is 2. The van der Waals surface area contributed by atoms with E-state index in [-0.39, 0.29) is 5.91 Å². The molecule has 0 atom stereocenters. The molecule has 0 aliphatic heterocycles. The molecule has 0 unspecified atom stereocenters. The fraction of sp³-hybridized carbons (Fsp3) is 0.0769. The summed E-state index contributed by atoms with van der Waals surface area (Å²) in [6.07, 6.45) is 3.30. The number of carbonyl (C=O) groups is 1. The zero-order chi connectivity index (χ0) is 13.0. The van der Waals surface area contributed by atoms with Gasteiger partial charge in [-0.3, -0.25) is 4.79 Å². The quantitative estimate of drug-likeness (QED) is 0.665. The number of amides is 1. The van der Waals surface area contributed by atoms with Crippen molar-refractivity contribution in [2.24, 2.45) is 5.10 Å². The number of nitrogens with zero attached hydrogens (tertiary/aromatic N) is 1. The van der Waals surface area contributed by atoms with Gasteiger partial charge in [0.1, 0.15) is 5.69 Å². The van der Waals surface area contributed by atoms with Crippen molar-refractivity contribution in [2.45, 2.75) is 6.92 Å². The van der Waals surface area contributed by atoms with E-state index in [1.807, 2.05) is 31.2 Å². The Labute approximate surface area is 113 Å². The van der Waals surface area contributed by atoms with Gasteiger partial charge in [0, 0.05) is 10.7 Å². The van der Waals surface area contributed by atoms with Crippen LogP contribution in [0.3, 0.4) is 0 Å². The second-order valence-corrected chi connectivity index (χ2v) is 4.76. The van der Waals surface area contributed by atoms with E-state index in [1.54, 1.807) is 18.5 Å². The highest BCUT2D eigenvalue weighted by Gasteiger charge is 2.05. The molecule has 0 spiro atoms. The molecule has 2 aromatic rings. The molecule has 0 radical (unpaired) electrons. The number of aryl methyl sites for hydroxylation is 1. The lowest BCUT2D eigenvalue weighted by Gasteiger charge is -1.97. The van der Waals surface area contributed by atoms with Crippen LogP contribution in [-0.4, -0.2) is 17.1 Å². The Hall–Kier alpha value is -1.88. The summed E-state index contributed by atoms with van der Waals surface area (Å²) in [5.74, 6) is -0.274. The summed E-state index contributed by atoms with van der Waals surface area (Å²) in [6, 6.07) is 9.56. The van der Waals surface area contributed by atoms with Gasteiger partial charge in [-0.2, -0.15) is 5.10 Å². The molecule has 0 saturated carbocycles. The predicted octanol–water partition coefficient (Wildman–Crippen LogP) is 2.85. The first kappa shape index (κ1) is 12.6. The summed E-state index contributed by atoms with van der Waals surface area (Å²) in [5, 5.41) is 3.90. The average Bonchev–Trinajstić information content (AvgIpc) is 2.78. The number of rotatable bonds is 3. The van der Waals surface area contributed by atoms with Crippen LogP contribution in [0.15, 0.2) is 46.1 Å². The van der Waals surface area contributed by atoms with Crippen LogP contribution in [-0.2, 0) is 0 Å². The number of nitrogens with one attached hydrogen (secondary N) is 2. The maximum Gasteiger partial charge on any atom is 0.287 e. The maximum absolute atomic E-state index is 11.6. The molecule has 0 bridgehead atoms. The molecule has 2 N–H and O–H groups in total. The molecule has 18 heavy (non-hydrogen) atoms. The van der Waals surface area contributed by atoms with E-state index in [0.29, 0.717) is 5.69 Å². The minimum atomic E-state index is -0.274. The molecule has 5 heteroatoms. The van der Waals surface area contributed by atoms with Crippen molar-refractivity contribution in [2.75, 3.05) is 0 Å². The van der Waals surface area contributed by atoms with Gasteiger partial charge in [0.2, 0.25) is 0 Å². The Balaban J connectivity index is 1.95. The topological polar surface area (TPSA) is 57.2 Å². The van der Waals surface area contributed by atoms with E-state index in [4.69, 9.17) is 0 Å². The van der Waals surface area contributed by atoms with Gasteiger partial charge in [-0.25, -0.2) is 5.43 Å². The molecule has 2 rings (SSSR count). The van der Waals surface area contributed by atoms with Crippen LogP contribution >= 0.6 is 15.9 Å². The second kappa shape index (κ2) is 5.64. The molecular formula is C13H12BrN3O. The number of H-pyrrole nitrogens is 1. The molecule has 1 amide bonds. The van der Waals surface area contributed by atoms with E-state index in [1.165, 1.54) is 5.56 Å². The van der Waals surface area contributed by atoms with Crippen molar-refractivity contribution in [3.63, 3.8) is 0 Å². The number of hydrazone groups is 1. The number of carbonyl (C=O) groups excluding carboxylic acids is 1. The van der Waals surface area contributed by atoms with Crippen molar-refractivity contribution in [1.82, 2.24) is 10.4 Å². The van der Waals surface area contributed by atoms with E-state index in [9.17, 15) is 4.79 Å². The van der Waals surface area contributed by atoms with E-state index < -0.39 is 0 Å². The molecule has 0 fully saturated rings.